The van der Waals surface area contributed by atoms with Crippen molar-refractivity contribution in [3.63, 3.8) is 0 Å². The number of hydrogen-bond donors (Lipinski definition) is 0. The van der Waals surface area contributed by atoms with Gasteiger partial charge in [0.15, 0.2) is 3.92 Å². The van der Waals surface area contributed by atoms with E-state index in [2.05, 4.69) is 26.1 Å². The van der Waals surface area contributed by atoms with E-state index >= 15 is 0 Å². The summed E-state index contributed by atoms with van der Waals surface area (Å²) in [6, 6.07) is 6.51. The predicted octanol–water partition coefficient (Wildman–Crippen LogP) is 3.03. The standard InChI is InChI=1S/C9H6BrFN2S/c10-9-13-12-8(14-9)5-6-2-1-3-7(11)4-6/h1-4H,5H2. The molecule has 0 saturated heterocycles. The molecule has 1 aromatic carbocycles. The van der Waals surface area contributed by atoms with E-state index in [1.54, 1.807) is 6.07 Å². The van der Waals surface area contributed by atoms with Crippen molar-refractivity contribution in [2.75, 3.05) is 0 Å². The Kier molecular flexibility index (Phi) is 2.88. The highest BCUT2D eigenvalue weighted by Crippen LogP contribution is 2.18. The smallest absolute Gasteiger partial charge is 0.183 e. The molecule has 0 aliphatic rings. The van der Waals surface area contributed by atoms with Gasteiger partial charge in [-0.25, -0.2) is 4.39 Å². The number of nitrogens with zero attached hydrogens (tertiary/aromatic N) is 2. The number of hydrogen-bond acceptors (Lipinski definition) is 3. The first-order valence-electron chi connectivity index (χ1n) is 3.96. The van der Waals surface area contributed by atoms with Crippen LogP contribution < -0.4 is 0 Å². The molecule has 0 atom stereocenters. The molecule has 0 aliphatic heterocycles. The molecular formula is C9H6BrFN2S. The topological polar surface area (TPSA) is 25.8 Å². The van der Waals surface area contributed by atoms with Gasteiger partial charge in [-0.3, -0.25) is 0 Å². The van der Waals surface area contributed by atoms with E-state index in [-0.39, 0.29) is 5.82 Å². The van der Waals surface area contributed by atoms with Crippen molar-refractivity contribution in [2.45, 2.75) is 6.42 Å². The van der Waals surface area contributed by atoms with Crippen LogP contribution in [0.1, 0.15) is 10.6 Å². The highest BCUT2D eigenvalue weighted by molar-refractivity contribution is 9.11. The van der Waals surface area contributed by atoms with Crippen LogP contribution in [-0.4, -0.2) is 10.2 Å². The molecule has 0 spiro atoms. The van der Waals surface area contributed by atoms with Crippen LogP contribution in [0.3, 0.4) is 0 Å². The Labute approximate surface area is 92.9 Å². The fraction of sp³-hybridized carbons (Fsp3) is 0.111. The third-order valence-corrected chi connectivity index (χ3v) is 3.04. The molecule has 2 aromatic rings. The summed E-state index contributed by atoms with van der Waals surface area (Å²) in [5.41, 5.74) is 0.911. The SMILES string of the molecule is Fc1cccc(Cc2nnc(Br)s2)c1. The molecule has 0 N–H and O–H groups in total. The van der Waals surface area contributed by atoms with Crippen LogP contribution in [0, 0.1) is 5.82 Å². The van der Waals surface area contributed by atoms with Gasteiger partial charge in [0.25, 0.3) is 0 Å². The Bertz CT molecular complexity index is 444. The first-order valence-corrected chi connectivity index (χ1v) is 5.57. The molecule has 72 valence electrons. The van der Waals surface area contributed by atoms with Crippen LogP contribution in [0.4, 0.5) is 4.39 Å². The quantitative estimate of drug-likeness (QED) is 0.840. The number of halogens is 2. The summed E-state index contributed by atoms with van der Waals surface area (Å²) in [6.07, 6.45) is 0.626. The Morgan fingerprint density at radius 1 is 1.36 bits per heavy atom. The van der Waals surface area contributed by atoms with Crippen molar-refractivity contribution >= 4 is 27.3 Å². The minimum atomic E-state index is -0.217. The number of benzene rings is 1. The summed E-state index contributed by atoms with van der Waals surface area (Å²) in [6.45, 7) is 0. The van der Waals surface area contributed by atoms with E-state index < -0.39 is 0 Å². The second kappa shape index (κ2) is 4.14. The third kappa shape index (κ3) is 2.36. The fourth-order valence-electron chi connectivity index (χ4n) is 1.13. The fourth-order valence-corrected chi connectivity index (χ4v) is 2.36. The second-order valence-corrected chi connectivity index (χ2v) is 5.09. The maximum absolute atomic E-state index is 12.8. The van der Waals surface area contributed by atoms with Crippen LogP contribution in [0.25, 0.3) is 0 Å². The van der Waals surface area contributed by atoms with E-state index in [4.69, 9.17) is 0 Å². The van der Waals surface area contributed by atoms with E-state index in [1.807, 2.05) is 6.07 Å². The molecule has 14 heavy (non-hydrogen) atoms. The molecule has 5 heteroatoms. The first kappa shape index (κ1) is 9.73. The lowest BCUT2D eigenvalue weighted by Gasteiger charge is -1.96. The number of rotatable bonds is 2. The van der Waals surface area contributed by atoms with Crippen LogP contribution in [0.5, 0.6) is 0 Å². The van der Waals surface area contributed by atoms with Crippen molar-refractivity contribution in [1.82, 2.24) is 10.2 Å². The Hall–Kier alpha value is -0.810. The molecular weight excluding hydrogens is 267 g/mol. The second-order valence-electron chi connectivity index (χ2n) is 2.76. The zero-order valence-corrected chi connectivity index (χ0v) is 9.48. The van der Waals surface area contributed by atoms with Gasteiger partial charge < -0.3 is 0 Å². The molecule has 1 heterocycles. The van der Waals surface area contributed by atoms with Gasteiger partial charge in [0, 0.05) is 6.42 Å². The largest absolute Gasteiger partial charge is 0.207 e. The van der Waals surface area contributed by atoms with Crippen molar-refractivity contribution in [2.24, 2.45) is 0 Å². The van der Waals surface area contributed by atoms with Gasteiger partial charge in [-0.1, -0.05) is 23.5 Å². The van der Waals surface area contributed by atoms with Crippen molar-refractivity contribution in [3.8, 4) is 0 Å². The van der Waals surface area contributed by atoms with Gasteiger partial charge in [-0.15, -0.1) is 10.2 Å². The van der Waals surface area contributed by atoms with Gasteiger partial charge in [-0.05, 0) is 33.6 Å². The normalized spacial score (nSPS) is 10.4. The Balaban J connectivity index is 2.18. The summed E-state index contributed by atoms with van der Waals surface area (Å²) in [4.78, 5) is 0. The van der Waals surface area contributed by atoms with Gasteiger partial charge in [0.05, 0.1) is 0 Å². The van der Waals surface area contributed by atoms with Gasteiger partial charge in [-0.2, -0.15) is 0 Å². The van der Waals surface area contributed by atoms with Gasteiger partial charge in [0.1, 0.15) is 10.8 Å². The molecule has 0 saturated carbocycles. The summed E-state index contributed by atoms with van der Waals surface area (Å²) in [5, 5.41) is 8.64. The van der Waals surface area contributed by atoms with Crippen LogP contribution in [-0.2, 0) is 6.42 Å². The lowest BCUT2D eigenvalue weighted by molar-refractivity contribution is 0.626. The molecule has 0 radical (unpaired) electrons. The number of aromatic nitrogens is 2. The lowest BCUT2D eigenvalue weighted by atomic mass is 10.1. The molecule has 0 unspecified atom stereocenters. The summed E-state index contributed by atoms with van der Waals surface area (Å²) in [5.74, 6) is -0.217. The van der Waals surface area contributed by atoms with Crippen molar-refractivity contribution < 1.29 is 4.39 Å². The minimum Gasteiger partial charge on any atom is -0.207 e. The van der Waals surface area contributed by atoms with Crippen LogP contribution in [0.15, 0.2) is 28.2 Å². The molecule has 0 fully saturated rings. The monoisotopic (exact) mass is 272 g/mol. The maximum Gasteiger partial charge on any atom is 0.183 e. The van der Waals surface area contributed by atoms with E-state index in [0.29, 0.717) is 6.42 Å². The molecule has 1 aromatic heterocycles. The molecule has 0 amide bonds. The maximum atomic E-state index is 12.8. The highest BCUT2D eigenvalue weighted by Gasteiger charge is 2.03. The Morgan fingerprint density at radius 3 is 2.86 bits per heavy atom. The molecule has 0 aliphatic carbocycles. The third-order valence-electron chi connectivity index (χ3n) is 1.69. The molecule has 0 bridgehead atoms. The van der Waals surface area contributed by atoms with Gasteiger partial charge >= 0.3 is 0 Å². The van der Waals surface area contributed by atoms with Crippen LogP contribution in [0.2, 0.25) is 0 Å². The first-order chi connectivity index (χ1) is 6.74. The van der Waals surface area contributed by atoms with E-state index in [9.17, 15) is 4.39 Å². The molecule has 2 nitrogen and oxygen atoms in total. The van der Waals surface area contributed by atoms with E-state index in [0.717, 1.165) is 14.5 Å². The van der Waals surface area contributed by atoms with Crippen molar-refractivity contribution in [1.29, 1.82) is 0 Å². The zero-order valence-electron chi connectivity index (χ0n) is 7.08. The van der Waals surface area contributed by atoms with E-state index in [1.165, 1.54) is 23.5 Å². The average molecular weight is 273 g/mol. The highest BCUT2D eigenvalue weighted by atomic mass is 79.9. The van der Waals surface area contributed by atoms with Crippen molar-refractivity contribution in [3.05, 3.63) is 44.6 Å². The summed E-state index contributed by atoms with van der Waals surface area (Å²) >= 11 is 4.69. The summed E-state index contributed by atoms with van der Waals surface area (Å²) < 4.78 is 13.6. The van der Waals surface area contributed by atoms with Gasteiger partial charge in [0.2, 0.25) is 0 Å². The Morgan fingerprint density at radius 2 is 2.21 bits per heavy atom. The summed E-state index contributed by atoms with van der Waals surface area (Å²) in [7, 11) is 0. The minimum absolute atomic E-state index is 0.217. The zero-order chi connectivity index (χ0) is 9.97. The van der Waals surface area contributed by atoms with Crippen LogP contribution >= 0.6 is 27.3 Å². The lowest BCUT2D eigenvalue weighted by Crippen LogP contribution is -1.88. The predicted molar refractivity (Wildman–Crippen MR) is 56.8 cm³/mol. The average Bonchev–Trinajstić information content (AvgIpc) is 2.51. The molecule has 2 rings (SSSR count).